The normalized spacial score (nSPS) is 13.2. The molecular weight excluding hydrogens is 208 g/mol. The number of hydrogen-bond acceptors (Lipinski definition) is 1. The van der Waals surface area contributed by atoms with E-state index in [0.717, 1.165) is 25.7 Å². The van der Waals surface area contributed by atoms with Crippen LogP contribution in [0, 0.1) is 0 Å². The fourth-order valence-electron chi connectivity index (χ4n) is 1.32. The van der Waals surface area contributed by atoms with Crippen molar-refractivity contribution >= 4 is 5.78 Å². The predicted octanol–water partition coefficient (Wildman–Crippen LogP) is 4.77. The molecule has 0 radical (unpaired) electrons. The molecule has 0 bridgehead atoms. The number of carbonyl (C=O) groups excluding carboxylic acids is 1. The molecular formula is C16H24O. The molecule has 0 N–H and O–H groups in total. The first kappa shape index (κ1) is 15.6. The molecule has 0 aromatic rings. The van der Waals surface area contributed by atoms with Crippen LogP contribution < -0.4 is 0 Å². The van der Waals surface area contributed by atoms with Crippen LogP contribution in [0.2, 0.25) is 0 Å². The molecule has 0 aliphatic rings. The fourth-order valence-corrected chi connectivity index (χ4v) is 1.32. The Hall–Kier alpha value is -1.37. The van der Waals surface area contributed by atoms with Crippen molar-refractivity contribution < 1.29 is 4.79 Å². The highest BCUT2D eigenvalue weighted by molar-refractivity contribution is 5.87. The molecule has 0 atom stereocenters. The van der Waals surface area contributed by atoms with Crippen LogP contribution in [0.3, 0.4) is 0 Å². The van der Waals surface area contributed by atoms with Gasteiger partial charge in [0.15, 0.2) is 5.78 Å². The van der Waals surface area contributed by atoms with Gasteiger partial charge in [-0.3, -0.25) is 4.79 Å². The largest absolute Gasteiger partial charge is 0.295 e. The van der Waals surface area contributed by atoms with Gasteiger partial charge in [-0.15, -0.1) is 0 Å². The standard InChI is InChI=1S/C16H24O/c1-4-5-9-12-15(2)13-10-7-6-8-11-14-16(3)17/h5-6,8-9,11-12,14H,4,7,10,13H2,1-3H3. The van der Waals surface area contributed by atoms with Crippen LogP contribution in [0.25, 0.3) is 0 Å². The fraction of sp³-hybridized carbons (Fsp3) is 0.438. The van der Waals surface area contributed by atoms with Crippen LogP contribution in [0.1, 0.15) is 46.5 Å². The molecule has 0 unspecified atom stereocenters. The summed E-state index contributed by atoms with van der Waals surface area (Å²) in [5, 5.41) is 0. The van der Waals surface area contributed by atoms with E-state index < -0.39 is 0 Å². The topological polar surface area (TPSA) is 17.1 Å². The van der Waals surface area contributed by atoms with E-state index in [1.165, 1.54) is 5.57 Å². The zero-order valence-electron chi connectivity index (χ0n) is 11.3. The number of allylic oxidation sites excluding steroid dienone is 8. The first-order valence-corrected chi connectivity index (χ1v) is 6.33. The Morgan fingerprint density at radius 3 is 2.47 bits per heavy atom. The molecule has 0 fully saturated rings. The van der Waals surface area contributed by atoms with Crippen LogP contribution in [0.5, 0.6) is 0 Å². The Balaban J connectivity index is 3.67. The van der Waals surface area contributed by atoms with Gasteiger partial charge >= 0.3 is 0 Å². The molecule has 0 spiro atoms. The van der Waals surface area contributed by atoms with Gasteiger partial charge in [-0.25, -0.2) is 0 Å². The highest BCUT2D eigenvalue weighted by Gasteiger charge is 1.87. The van der Waals surface area contributed by atoms with E-state index >= 15 is 0 Å². The summed E-state index contributed by atoms with van der Waals surface area (Å²) in [5.41, 5.74) is 1.42. The van der Waals surface area contributed by atoms with Gasteiger partial charge < -0.3 is 0 Å². The van der Waals surface area contributed by atoms with Gasteiger partial charge in [-0.1, -0.05) is 49.0 Å². The van der Waals surface area contributed by atoms with Crippen LogP contribution in [-0.4, -0.2) is 5.78 Å². The van der Waals surface area contributed by atoms with Crippen molar-refractivity contribution in [3.8, 4) is 0 Å². The predicted molar refractivity (Wildman–Crippen MR) is 76.0 cm³/mol. The van der Waals surface area contributed by atoms with Gasteiger partial charge in [-0.05, 0) is 45.6 Å². The van der Waals surface area contributed by atoms with E-state index in [1.807, 2.05) is 6.08 Å². The molecule has 1 heteroatoms. The minimum atomic E-state index is 0.0936. The van der Waals surface area contributed by atoms with Crippen molar-refractivity contribution in [2.45, 2.75) is 46.5 Å². The summed E-state index contributed by atoms with van der Waals surface area (Å²) < 4.78 is 0. The Morgan fingerprint density at radius 2 is 1.82 bits per heavy atom. The zero-order chi connectivity index (χ0) is 12.9. The Kier molecular flexibility index (Phi) is 10.2. The second-order valence-electron chi connectivity index (χ2n) is 4.14. The Bertz CT molecular complexity index is 316. The van der Waals surface area contributed by atoms with E-state index in [4.69, 9.17) is 0 Å². The van der Waals surface area contributed by atoms with Crippen molar-refractivity contribution in [1.82, 2.24) is 0 Å². The van der Waals surface area contributed by atoms with Crippen molar-refractivity contribution in [2.75, 3.05) is 0 Å². The highest BCUT2D eigenvalue weighted by Crippen LogP contribution is 2.07. The lowest BCUT2D eigenvalue weighted by Crippen LogP contribution is -1.78. The molecule has 1 nitrogen and oxygen atoms in total. The minimum Gasteiger partial charge on any atom is -0.295 e. The maximum atomic E-state index is 10.6. The third-order valence-corrected chi connectivity index (χ3v) is 2.27. The highest BCUT2D eigenvalue weighted by atomic mass is 16.1. The van der Waals surface area contributed by atoms with E-state index in [9.17, 15) is 4.79 Å². The van der Waals surface area contributed by atoms with Crippen LogP contribution in [0.15, 0.2) is 48.1 Å². The summed E-state index contributed by atoms with van der Waals surface area (Å²) in [5.74, 6) is 0.0936. The summed E-state index contributed by atoms with van der Waals surface area (Å²) in [7, 11) is 0. The van der Waals surface area contributed by atoms with Gasteiger partial charge in [0, 0.05) is 0 Å². The quantitative estimate of drug-likeness (QED) is 0.334. The molecule has 0 aliphatic carbocycles. The number of rotatable bonds is 8. The van der Waals surface area contributed by atoms with Crippen molar-refractivity contribution in [3.63, 3.8) is 0 Å². The summed E-state index contributed by atoms with van der Waals surface area (Å²) in [6.45, 7) is 5.86. The van der Waals surface area contributed by atoms with E-state index in [2.05, 4.69) is 38.2 Å². The summed E-state index contributed by atoms with van der Waals surface area (Å²) in [6, 6.07) is 0. The lowest BCUT2D eigenvalue weighted by atomic mass is 10.1. The molecule has 0 saturated carbocycles. The number of hydrogen-bond donors (Lipinski definition) is 0. The number of carbonyl (C=O) groups is 1. The van der Waals surface area contributed by atoms with Crippen LogP contribution >= 0.6 is 0 Å². The molecule has 0 amide bonds. The summed E-state index contributed by atoms with van der Waals surface area (Å²) >= 11 is 0. The van der Waals surface area contributed by atoms with E-state index in [0.29, 0.717) is 0 Å². The maximum absolute atomic E-state index is 10.6. The average molecular weight is 232 g/mol. The van der Waals surface area contributed by atoms with E-state index in [1.54, 1.807) is 19.1 Å². The third kappa shape index (κ3) is 12.6. The van der Waals surface area contributed by atoms with E-state index in [-0.39, 0.29) is 5.78 Å². The van der Waals surface area contributed by atoms with Crippen molar-refractivity contribution in [3.05, 3.63) is 48.1 Å². The van der Waals surface area contributed by atoms with Gasteiger partial charge in [0.2, 0.25) is 0 Å². The molecule has 0 aromatic carbocycles. The SMILES string of the molecule is CCC=CC=C(C)CCCC=CC=CC(C)=O. The van der Waals surface area contributed by atoms with Gasteiger partial charge in [0.05, 0.1) is 0 Å². The lowest BCUT2D eigenvalue weighted by Gasteiger charge is -1.96. The lowest BCUT2D eigenvalue weighted by molar-refractivity contribution is -0.112. The average Bonchev–Trinajstić information content (AvgIpc) is 2.28. The molecule has 94 valence electrons. The Morgan fingerprint density at radius 1 is 1.06 bits per heavy atom. The smallest absolute Gasteiger partial charge is 0.152 e. The van der Waals surface area contributed by atoms with Gasteiger partial charge in [-0.2, -0.15) is 0 Å². The molecule has 0 aliphatic heterocycles. The first-order valence-electron chi connectivity index (χ1n) is 6.33. The minimum absolute atomic E-state index is 0.0936. The van der Waals surface area contributed by atoms with Crippen LogP contribution in [-0.2, 0) is 4.79 Å². The zero-order valence-corrected chi connectivity index (χ0v) is 11.3. The molecule has 0 aromatic heterocycles. The summed E-state index contributed by atoms with van der Waals surface area (Å²) in [6.07, 6.45) is 18.3. The van der Waals surface area contributed by atoms with Crippen molar-refractivity contribution in [2.24, 2.45) is 0 Å². The molecule has 0 heterocycles. The number of unbranched alkanes of at least 4 members (excludes halogenated alkanes) is 1. The Labute approximate surface area is 106 Å². The van der Waals surface area contributed by atoms with Crippen LogP contribution in [0.4, 0.5) is 0 Å². The second kappa shape index (κ2) is 11.1. The van der Waals surface area contributed by atoms with Gasteiger partial charge in [0.1, 0.15) is 0 Å². The molecule has 17 heavy (non-hydrogen) atoms. The molecule has 0 saturated heterocycles. The second-order valence-corrected chi connectivity index (χ2v) is 4.14. The summed E-state index contributed by atoms with van der Waals surface area (Å²) in [4.78, 5) is 10.6. The molecule has 0 rings (SSSR count). The third-order valence-electron chi connectivity index (χ3n) is 2.27. The monoisotopic (exact) mass is 232 g/mol. The maximum Gasteiger partial charge on any atom is 0.152 e. The number of ketones is 1. The van der Waals surface area contributed by atoms with Gasteiger partial charge in [0.25, 0.3) is 0 Å². The van der Waals surface area contributed by atoms with Crippen molar-refractivity contribution in [1.29, 1.82) is 0 Å². The first-order chi connectivity index (χ1) is 8.16.